The van der Waals surface area contributed by atoms with E-state index in [0.717, 1.165) is 64.2 Å². The van der Waals surface area contributed by atoms with E-state index in [9.17, 15) is 14.4 Å². The molecule has 0 unspecified atom stereocenters. The van der Waals surface area contributed by atoms with E-state index < -0.39 is 6.10 Å². The molecule has 0 aliphatic carbocycles. The van der Waals surface area contributed by atoms with Crippen LogP contribution in [0.25, 0.3) is 0 Å². The summed E-state index contributed by atoms with van der Waals surface area (Å²) in [6.07, 6.45) is 58.8. The van der Waals surface area contributed by atoms with Gasteiger partial charge in [-0.2, -0.15) is 0 Å². The molecule has 0 fully saturated rings. The average Bonchev–Trinajstić information content (AvgIpc) is 3.27. The molecule has 364 valence electrons. The van der Waals surface area contributed by atoms with E-state index in [1.54, 1.807) is 0 Å². The van der Waals surface area contributed by atoms with Gasteiger partial charge in [0.15, 0.2) is 6.10 Å². The number of rotatable bonds is 50. The molecule has 1 atom stereocenters. The fraction of sp³-hybridized carbons (Fsp3) is 0.875. The third kappa shape index (κ3) is 48.9. The standard InChI is InChI=1S/C56H104O6/c1-4-7-10-13-16-19-21-23-25-27-28-29-31-32-34-37-40-43-46-49-55(58)61-52-53(51-60-54(57)48-45-42-39-36-18-15-12-9-6-3)62-56(59)50-47-44-41-38-35-33-30-26-24-22-20-17-14-11-8-5-2/h26-28,30,53H,4-25,29,31-52H2,1-3H3/b28-27-,30-26-/t53-/m1/s1. The van der Waals surface area contributed by atoms with Gasteiger partial charge in [0.25, 0.3) is 0 Å². The van der Waals surface area contributed by atoms with E-state index in [4.69, 9.17) is 14.2 Å². The van der Waals surface area contributed by atoms with Gasteiger partial charge in [0.2, 0.25) is 0 Å². The van der Waals surface area contributed by atoms with Crippen LogP contribution in [0.3, 0.4) is 0 Å². The number of carbonyl (C=O) groups excluding carboxylic acids is 3. The van der Waals surface area contributed by atoms with E-state index >= 15 is 0 Å². The molecule has 0 bridgehead atoms. The van der Waals surface area contributed by atoms with E-state index in [1.807, 2.05) is 0 Å². The van der Waals surface area contributed by atoms with Crippen molar-refractivity contribution in [3.63, 3.8) is 0 Å². The topological polar surface area (TPSA) is 78.9 Å². The summed E-state index contributed by atoms with van der Waals surface area (Å²) < 4.78 is 16.8. The van der Waals surface area contributed by atoms with Crippen molar-refractivity contribution in [3.8, 4) is 0 Å². The molecule has 0 aromatic carbocycles. The van der Waals surface area contributed by atoms with Crippen molar-refractivity contribution in [1.29, 1.82) is 0 Å². The minimum Gasteiger partial charge on any atom is -0.462 e. The molecule has 6 heteroatoms. The summed E-state index contributed by atoms with van der Waals surface area (Å²) in [6, 6.07) is 0. The molecule has 0 heterocycles. The van der Waals surface area contributed by atoms with Crippen molar-refractivity contribution in [2.45, 2.75) is 303 Å². The lowest BCUT2D eigenvalue weighted by Crippen LogP contribution is -2.30. The smallest absolute Gasteiger partial charge is 0.306 e. The van der Waals surface area contributed by atoms with Crippen LogP contribution in [-0.2, 0) is 28.6 Å². The van der Waals surface area contributed by atoms with Crippen LogP contribution in [0.1, 0.15) is 297 Å². The van der Waals surface area contributed by atoms with Crippen LogP contribution in [0, 0.1) is 0 Å². The highest BCUT2D eigenvalue weighted by Crippen LogP contribution is 2.15. The second kappa shape index (κ2) is 51.5. The van der Waals surface area contributed by atoms with Gasteiger partial charge in [0.05, 0.1) is 0 Å². The van der Waals surface area contributed by atoms with Crippen LogP contribution in [0.15, 0.2) is 24.3 Å². The number of esters is 3. The zero-order valence-corrected chi connectivity index (χ0v) is 41.7. The van der Waals surface area contributed by atoms with Crippen molar-refractivity contribution in [1.82, 2.24) is 0 Å². The number of hydrogen-bond acceptors (Lipinski definition) is 6. The molecule has 62 heavy (non-hydrogen) atoms. The van der Waals surface area contributed by atoms with Crippen molar-refractivity contribution < 1.29 is 28.6 Å². The zero-order chi connectivity index (χ0) is 45.1. The van der Waals surface area contributed by atoms with Gasteiger partial charge in [-0.3, -0.25) is 14.4 Å². The van der Waals surface area contributed by atoms with Gasteiger partial charge in [0.1, 0.15) is 13.2 Å². The highest BCUT2D eigenvalue weighted by atomic mass is 16.6. The molecule has 0 saturated carbocycles. The first-order valence-corrected chi connectivity index (χ1v) is 27.3. The van der Waals surface area contributed by atoms with Crippen LogP contribution in [-0.4, -0.2) is 37.2 Å². The monoisotopic (exact) mass is 873 g/mol. The van der Waals surface area contributed by atoms with Crippen molar-refractivity contribution in [2.75, 3.05) is 13.2 Å². The van der Waals surface area contributed by atoms with E-state index in [0.29, 0.717) is 19.3 Å². The molecule has 0 amide bonds. The van der Waals surface area contributed by atoms with Crippen LogP contribution in [0.2, 0.25) is 0 Å². The molecule has 0 aromatic rings. The summed E-state index contributed by atoms with van der Waals surface area (Å²) in [5.41, 5.74) is 0. The summed E-state index contributed by atoms with van der Waals surface area (Å²) in [4.78, 5) is 37.9. The first-order valence-electron chi connectivity index (χ1n) is 27.3. The Hall–Kier alpha value is -2.11. The summed E-state index contributed by atoms with van der Waals surface area (Å²) in [5, 5.41) is 0. The zero-order valence-electron chi connectivity index (χ0n) is 41.7. The summed E-state index contributed by atoms with van der Waals surface area (Å²) in [5.74, 6) is -0.874. The molecule has 0 radical (unpaired) electrons. The summed E-state index contributed by atoms with van der Waals surface area (Å²) in [6.45, 7) is 6.64. The Labute approximate surface area is 385 Å². The van der Waals surface area contributed by atoms with Gasteiger partial charge >= 0.3 is 17.9 Å². The quantitative estimate of drug-likeness (QED) is 0.0262. The third-order valence-electron chi connectivity index (χ3n) is 12.2. The molecule has 0 spiro atoms. The molecular formula is C56H104O6. The number of unbranched alkanes of at least 4 members (excludes halogenated alkanes) is 35. The fourth-order valence-corrected chi connectivity index (χ4v) is 8.02. The molecular weight excluding hydrogens is 769 g/mol. The maximum absolute atomic E-state index is 12.8. The normalized spacial score (nSPS) is 12.1. The minimum atomic E-state index is -0.772. The van der Waals surface area contributed by atoms with Crippen molar-refractivity contribution in [3.05, 3.63) is 24.3 Å². The molecule has 0 aliphatic rings. The van der Waals surface area contributed by atoms with Crippen molar-refractivity contribution in [2.24, 2.45) is 0 Å². The highest BCUT2D eigenvalue weighted by Gasteiger charge is 2.19. The van der Waals surface area contributed by atoms with E-state index in [2.05, 4.69) is 45.1 Å². The average molecular weight is 873 g/mol. The van der Waals surface area contributed by atoms with Crippen LogP contribution < -0.4 is 0 Å². The van der Waals surface area contributed by atoms with Gasteiger partial charge in [-0.05, 0) is 70.6 Å². The Balaban J connectivity index is 4.28. The minimum absolute atomic E-state index is 0.0726. The molecule has 0 N–H and O–H groups in total. The second-order valence-corrected chi connectivity index (χ2v) is 18.5. The highest BCUT2D eigenvalue weighted by molar-refractivity contribution is 5.71. The first kappa shape index (κ1) is 59.9. The molecule has 6 nitrogen and oxygen atoms in total. The third-order valence-corrected chi connectivity index (χ3v) is 12.2. The number of allylic oxidation sites excluding steroid dienone is 4. The lowest BCUT2D eigenvalue weighted by molar-refractivity contribution is -0.167. The number of hydrogen-bond donors (Lipinski definition) is 0. The number of carbonyl (C=O) groups is 3. The Morgan fingerprint density at radius 2 is 0.532 bits per heavy atom. The van der Waals surface area contributed by atoms with E-state index in [-0.39, 0.29) is 31.1 Å². The maximum Gasteiger partial charge on any atom is 0.306 e. The van der Waals surface area contributed by atoms with E-state index in [1.165, 1.54) is 193 Å². The van der Waals surface area contributed by atoms with Crippen molar-refractivity contribution >= 4 is 17.9 Å². The predicted octanol–water partition coefficient (Wildman–Crippen LogP) is 17.9. The lowest BCUT2D eigenvalue weighted by Gasteiger charge is -2.18. The summed E-state index contributed by atoms with van der Waals surface area (Å²) in [7, 11) is 0. The van der Waals surface area contributed by atoms with Gasteiger partial charge in [0, 0.05) is 19.3 Å². The molecule has 0 rings (SSSR count). The molecule has 0 aromatic heterocycles. The van der Waals surface area contributed by atoms with Gasteiger partial charge < -0.3 is 14.2 Å². The predicted molar refractivity (Wildman–Crippen MR) is 266 cm³/mol. The second-order valence-electron chi connectivity index (χ2n) is 18.5. The SMILES string of the molecule is CCCCCCCCC/C=C\CCCCCCCC(=O)O[C@@H](COC(=O)CCCCCCCCC/C=C\CCCCCCCCCC)COC(=O)CCCCCCCCCCC. The first-order chi connectivity index (χ1) is 30.5. The lowest BCUT2D eigenvalue weighted by atomic mass is 10.1. The Morgan fingerprint density at radius 1 is 0.306 bits per heavy atom. The Kier molecular flexibility index (Phi) is 49.8. The fourth-order valence-electron chi connectivity index (χ4n) is 8.02. The number of ether oxygens (including phenoxy) is 3. The van der Waals surface area contributed by atoms with Gasteiger partial charge in [-0.1, -0.05) is 231 Å². The Morgan fingerprint density at radius 3 is 0.806 bits per heavy atom. The largest absolute Gasteiger partial charge is 0.462 e. The molecule has 0 aliphatic heterocycles. The van der Waals surface area contributed by atoms with Gasteiger partial charge in [-0.25, -0.2) is 0 Å². The molecule has 0 saturated heterocycles. The van der Waals surface area contributed by atoms with Crippen LogP contribution >= 0.6 is 0 Å². The van der Waals surface area contributed by atoms with Crippen LogP contribution in [0.4, 0.5) is 0 Å². The summed E-state index contributed by atoms with van der Waals surface area (Å²) >= 11 is 0. The Bertz CT molecular complexity index is 1000. The van der Waals surface area contributed by atoms with Gasteiger partial charge in [-0.15, -0.1) is 0 Å². The maximum atomic E-state index is 12.8. The van der Waals surface area contributed by atoms with Crippen LogP contribution in [0.5, 0.6) is 0 Å².